The number of para-hydroxylation sites is 1. The van der Waals surface area contributed by atoms with Gasteiger partial charge in [0.1, 0.15) is 18.0 Å². The molecule has 0 spiro atoms. The van der Waals surface area contributed by atoms with Crippen molar-refractivity contribution in [2.75, 3.05) is 6.61 Å². The van der Waals surface area contributed by atoms with Crippen LogP contribution in [0.5, 0.6) is 0 Å². The Labute approximate surface area is 199 Å². The molecule has 1 aliphatic rings. The van der Waals surface area contributed by atoms with Gasteiger partial charge in [0.05, 0.1) is 39.8 Å². The summed E-state index contributed by atoms with van der Waals surface area (Å²) in [6.07, 6.45) is 0.623. The predicted octanol–water partition coefficient (Wildman–Crippen LogP) is 3.24. The maximum Gasteiger partial charge on any atom is 0.331 e. The molecule has 4 heterocycles. The molecular formula is C27H23N3O5. The lowest BCUT2D eigenvalue weighted by atomic mass is 10.0. The summed E-state index contributed by atoms with van der Waals surface area (Å²) in [4.78, 5) is 39.9. The van der Waals surface area contributed by atoms with E-state index in [0.717, 1.165) is 15.7 Å². The van der Waals surface area contributed by atoms with Crippen molar-refractivity contribution in [3.05, 3.63) is 103 Å². The molecule has 0 unspecified atom stereocenters. The van der Waals surface area contributed by atoms with Gasteiger partial charge in [-0.3, -0.25) is 18.7 Å². The Morgan fingerprint density at radius 2 is 1.69 bits per heavy atom. The van der Waals surface area contributed by atoms with Gasteiger partial charge in [-0.2, -0.15) is 0 Å². The standard InChI is InChI=1S/C27H23N3O5/c1-15-8-10-16(11-9-15)21-20-22(28(2)27(33)29(3)26(20)32)23-25(34-13-12-30(21)23)18-14-35-19-7-5-4-6-17(19)24(18)31/h4-11,14,25H,12-13H2,1-3H3/t25-/m0/s1. The molecule has 1 atom stereocenters. The maximum absolute atomic E-state index is 13.5. The average Bonchev–Trinajstić information content (AvgIpc) is 3.23. The van der Waals surface area contributed by atoms with E-state index in [0.29, 0.717) is 52.0 Å². The van der Waals surface area contributed by atoms with Gasteiger partial charge in [-0.1, -0.05) is 42.0 Å². The number of aromatic nitrogens is 3. The minimum atomic E-state index is -0.802. The van der Waals surface area contributed by atoms with Gasteiger partial charge in [-0.25, -0.2) is 4.79 Å². The van der Waals surface area contributed by atoms with Crippen LogP contribution in [-0.2, 0) is 25.4 Å². The topological polar surface area (TPSA) is 88.4 Å². The van der Waals surface area contributed by atoms with Crippen molar-refractivity contribution in [3.8, 4) is 11.3 Å². The summed E-state index contributed by atoms with van der Waals surface area (Å²) in [5, 5.41) is 0.874. The summed E-state index contributed by atoms with van der Waals surface area (Å²) in [5.74, 6) is 0. The first-order chi connectivity index (χ1) is 16.9. The Hall–Kier alpha value is -4.17. The Morgan fingerprint density at radius 3 is 2.46 bits per heavy atom. The van der Waals surface area contributed by atoms with E-state index in [9.17, 15) is 14.4 Å². The average molecular weight is 469 g/mol. The third-order valence-electron chi connectivity index (χ3n) is 6.87. The van der Waals surface area contributed by atoms with Crippen molar-refractivity contribution in [3.63, 3.8) is 0 Å². The van der Waals surface area contributed by atoms with Crippen LogP contribution in [0, 0.1) is 6.92 Å². The van der Waals surface area contributed by atoms with Gasteiger partial charge in [0.2, 0.25) is 0 Å². The second-order valence-corrected chi connectivity index (χ2v) is 8.95. The molecule has 1 aliphatic heterocycles. The van der Waals surface area contributed by atoms with Crippen LogP contribution in [0.1, 0.15) is 22.9 Å². The Bertz CT molecular complexity index is 1820. The summed E-state index contributed by atoms with van der Waals surface area (Å²) < 4.78 is 16.5. The molecule has 0 N–H and O–H groups in total. The fraction of sp³-hybridized carbons (Fsp3) is 0.222. The summed E-state index contributed by atoms with van der Waals surface area (Å²) in [6, 6.07) is 15.0. The summed E-state index contributed by atoms with van der Waals surface area (Å²) in [6.45, 7) is 2.80. The van der Waals surface area contributed by atoms with Gasteiger partial charge in [0, 0.05) is 20.6 Å². The largest absolute Gasteiger partial charge is 0.464 e. The molecule has 8 heteroatoms. The number of ether oxygens (including phenoxy) is 1. The highest BCUT2D eigenvalue weighted by Gasteiger charge is 2.34. The Balaban J connectivity index is 1.75. The van der Waals surface area contributed by atoms with Crippen molar-refractivity contribution in [1.82, 2.24) is 13.7 Å². The molecular weight excluding hydrogens is 446 g/mol. The zero-order chi connectivity index (χ0) is 24.4. The number of fused-ring (bicyclic) bond motifs is 4. The minimum Gasteiger partial charge on any atom is -0.464 e. The first-order valence-corrected chi connectivity index (χ1v) is 11.4. The highest BCUT2D eigenvalue weighted by atomic mass is 16.5. The third-order valence-corrected chi connectivity index (χ3v) is 6.87. The molecule has 0 amide bonds. The zero-order valence-corrected chi connectivity index (χ0v) is 19.6. The lowest BCUT2D eigenvalue weighted by Gasteiger charge is -2.27. The molecule has 8 nitrogen and oxygen atoms in total. The molecule has 3 aromatic heterocycles. The van der Waals surface area contributed by atoms with Crippen LogP contribution >= 0.6 is 0 Å². The number of benzene rings is 2. The lowest BCUT2D eigenvalue weighted by molar-refractivity contribution is 0.0463. The minimum absolute atomic E-state index is 0.203. The van der Waals surface area contributed by atoms with Crippen LogP contribution < -0.4 is 16.7 Å². The van der Waals surface area contributed by atoms with Crippen molar-refractivity contribution in [2.24, 2.45) is 14.1 Å². The predicted molar refractivity (Wildman–Crippen MR) is 133 cm³/mol. The Kier molecular flexibility index (Phi) is 4.69. The first-order valence-electron chi connectivity index (χ1n) is 11.4. The van der Waals surface area contributed by atoms with E-state index in [1.807, 2.05) is 35.8 Å². The van der Waals surface area contributed by atoms with Crippen LogP contribution in [0.15, 0.2) is 73.6 Å². The first kappa shape index (κ1) is 21.4. The molecule has 5 aromatic rings. The molecule has 0 saturated heterocycles. The normalized spacial score (nSPS) is 15.6. The molecule has 0 bridgehead atoms. The van der Waals surface area contributed by atoms with Crippen molar-refractivity contribution in [2.45, 2.75) is 19.6 Å². The summed E-state index contributed by atoms with van der Waals surface area (Å²) >= 11 is 0. The van der Waals surface area contributed by atoms with E-state index in [1.54, 1.807) is 31.3 Å². The number of hydrogen-bond donors (Lipinski definition) is 0. The second kappa shape index (κ2) is 7.68. The number of aryl methyl sites for hydroxylation is 2. The van der Waals surface area contributed by atoms with Crippen LogP contribution in [-0.4, -0.2) is 20.3 Å². The van der Waals surface area contributed by atoms with Crippen LogP contribution in [0.2, 0.25) is 0 Å². The molecule has 2 aromatic carbocycles. The number of hydrogen-bond acceptors (Lipinski definition) is 5. The monoisotopic (exact) mass is 469 g/mol. The Morgan fingerprint density at radius 1 is 0.943 bits per heavy atom. The summed E-state index contributed by atoms with van der Waals surface area (Å²) in [7, 11) is 3.12. The van der Waals surface area contributed by atoms with E-state index in [-0.39, 0.29) is 11.0 Å². The smallest absolute Gasteiger partial charge is 0.331 e. The van der Waals surface area contributed by atoms with Gasteiger partial charge in [0.15, 0.2) is 5.43 Å². The highest BCUT2D eigenvalue weighted by Crippen LogP contribution is 2.40. The van der Waals surface area contributed by atoms with Crippen LogP contribution in [0.4, 0.5) is 0 Å². The van der Waals surface area contributed by atoms with Crippen LogP contribution in [0.3, 0.4) is 0 Å². The SMILES string of the molecule is Cc1ccc(-c2c3c(=O)n(C)c(=O)n(C)c3c3n2CCO[C@H]3c2coc3ccccc3c2=O)cc1. The fourth-order valence-corrected chi connectivity index (χ4v) is 5.10. The molecule has 0 aliphatic carbocycles. The highest BCUT2D eigenvalue weighted by molar-refractivity contribution is 5.96. The third kappa shape index (κ3) is 2.99. The van der Waals surface area contributed by atoms with E-state index >= 15 is 0 Å². The van der Waals surface area contributed by atoms with Crippen molar-refractivity contribution in [1.29, 1.82) is 0 Å². The van der Waals surface area contributed by atoms with E-state index < -0.39 is 11.8 Å². The molecule has 0 fully saturated rings. The second-order valence-electron chi connectivity index (χ2n) is 8.95. The molecule has 176 valence electrons. The van der Waals surface area contributed by atoms with Crippen molar-refractivity contribution >= 4 is 21.9 Å². The van der Waals surface area contributed by atoms with Gasteiger partial charge in [-0.05, 0) is 24.6 Å². The lowest BCUT2D eigenvalue weighted by Crippen LogP contribution is -2.37. The number of nitrogens with zero attached hydrogens (tertiary/aromatic N) is 3. The van der Waals surface area contributed by atoms with E-state index in [1.165, 1.54) is 17.9 Å². The zero-order valence-electron chi connectivity index (χ0n) is 19.6. The summed E-state index contributed by atoms with van der Waals surface area (Å²) in [5.41, 5.74) is 3.51. The van der Waals surface area contributed by atoms with Gasteiger partial charge in [0.25, 0.3) is 5.56 Å². The molecule has 0 saturated carbocycles. The quantitative estimate of drug-likeness (QED) is 0.396. The molecule has 0 radical (unpaired) electrons. The van der Waals surface area contributed by atoms with E-state index in [2.05, 4.69) is 0 Å². The fourth-order valence-electron chi connectivity index (χ4n) is 5.10. The van der Waals surface area contributed by atoms with Gasteiger partial charge < -0.3 is 13.7 Å². The van der Waals surface area contributed by atoms with Crippen LogP contribution in [0.25, 0.3) is 33.1 Å². The van der Waals surface area contributed by atoms with Gasteiger partial charge >= 0.3 is 5.69 Å². The molecule has 6 rings (SSSR count). The molecule has 35 heavy (non-hydrogen) atoms. The van der Waals surface area contributed by atoms with Crippen molar-refractivity contribution < 1.29 is 9.15 Å². The van der Waals surface area contributed by atoms with Gasteiger partial charge in [-0.15, -0.1) is 0 Å². The number of rotatable bonds is 2. The maximum atomic E-state index is 13.5. The van der Waals surface area contributed by atoms with E-state index in [4.69, 9.17) is 9.15 Å².